The molecule has 6 heteroatoms. The monoisotopic (exact) mass is 299 g/mol. The van der Waals surface area contributed by atoms with Crippen LogP contribution in [0.5, 0.6) is 0 Å². The minimum Gasteiger partial charge on any atom is -0.373 e. The molecule has 20 heavy (non-hydrogen) atoms. The Labute approximate surface area is 118 Å². The Bertz CT molecular complexity index is 249. The first-order valence-electron chi connectivity index (χ1n) is 7.02. The molecular weight excluding hydrogens is 274 g/mol. The summed E-state index contributed by atoms with van der Waals surface area (Å²) in [5, 5.41) is 3.11. The lowest BCUT2D eigenvalue weighted by molar-refractivity contribution is -0.167. The van der Waals surface area contributed by atoms with Crippen molar-refractivity contribution in [2.45, 2.75) is 57.4 Å². The summed E-state index contributed by atoms with van der Waals surface area (Å²) in [5.41, 5.74) is 0. The number of unbranched alkanes of at least 4 members (excludes halogenated alkanes) is 3. The molecule has 0 rings (SSSR count). The van der Waals surface area contributed by atoms with Crippen LogP contribution >= 0.6 is 0 Å². The SMILES string of the molecule is C=CCCCCCC(COCC(F)(F)C(F)F)NCC. The van der Waals surface area contributed by atoms with Crippen LogP contribution in [0.1, 0.15) is 39.0 Å². The number of ether oxygens (including phenoxy) is 1. The van der Waals surface area contributed by atoms with Gasteiger partial charge < -0.3 is 10.1 Å². The van der Waals surface area contributed by atoms with Crippen molar-refractivity contribution in [3.8, 4) is 0 Å². The fourth-order valence-electron chi connectivity index (χ4n) is 1.79. The second-order valence-electron chi connectivity index (χ2n) is 4.76. The topological polar surface area (TPSA) is 21.3 Å². The Morgan fingerprint density at radius 2 is 1.95 bits per heavy atom. The molecular formula is C14H25F4NO. The van der Waals surface area contributed by atoms with E-state index in [1.165, 1.54) is 0 Å². The number of halogens is 4. The molecule has 0 aromatic rings. The quantitative estimate of drug-likeness (QED) is 0.315. The fraction of sp³-hybridized carbons (Fsp3) is 0.857. The standard InChI is InChI=1S/C14H25F4NO/c1-3-5-6-7-8-9-12(19-4-2)10-20-11-14(17,18)13(15)16/h3,12-13,19H,1,4-11H2,2H3. The molecule has 0 heterocycles. The van der Waals surface area contributed by atoms with Gasteiger partial charge in [-0.05, 0) is 25.8 Å². The van der Waals surface area contributed by atoms with Gasteiger partial charge in [0.15, 0.2) is 0 Å². The number of hydrogen-bond donors (Lipinski definition) is 1. The van der Waals surface area contributed by atoms with E-state index in [0.717, 1.165) is 32.1 Å². The lowest BCUT2D eigenvalue weighted by Crippen LogP contribution is -2.37. The van der Waals surface area contributed by atoms with Crippen molar-refractivity contribution >= 4 is 0 Å². The molecule has 0 saturated carbocycles. The predicted octanol–water partition coefficient (Wildman–Crippen LogP) is 4.02. The zero-order chi connectivity index (χ0) is 15.4. The number of hydrogen-bond acceptors (Lipinski definition) is 2. The van der Waals surface area contributed by atoms with E-state index in [9.17, 15) is 17.6 Å². The summed E-state index contributed by atoms with van der Waals surface area (Å²) in [6, 6.07) is -0.0720. The maximum atomic E-state index is 12.7. The first-order valence-corrected chi connectivity index (χ1v) is 7.02. The van der Waals surface area contributed by atoms with E-state index >= 15 is 0 Å². The van der Waals surface area contributed by atoms with E-state index in [1.54, 1.807) is 0 Å². The molecule has 0 fully saturated rings. The largest absolute Gasteiger partial charge is 0.373 e. The zero-order valence-electron chi connectivity index (χ0n) is 12.0. The van der Waals surface area contributed by atoms with Gasteiger partial charge in [0.1, 0.15) is 6.61 Å². The average Bonchev–Trinajstić information content (AvgIpc) is 2.38. The third-order valence-corrected chi connectivity index (χ3v) is 2.89. The van der Waals surface area contributed by atoms with Crippen LogP contribution in [0.2, 0.25) is 0 Å². The normalized spacial score (nSPS) is 13.7. The lowest BCUT2D eigenvalue weighted by Gasteiger charge is -2.20. The van der Waals surface area contributed by atoms with Gasteiger partial charge in [-0.3, -0.25) is 0 Å². The van der Waals surface area contributed by atoms with Crippen LogP contribution in [0.15, 0.2) is 12.7 Å². The Kier molecular flexibility index (Phi) is 10.7. The van der Waals surface area contributed by atoms with Crippen molar-refractivity contribution in [2.24, 2.45) is 0 Å². The van der Waals surface area contributed by atoms with E-state index < -0.39 is 19.0 Å². The molecule has 0 amide bonds. The smallest absolute Gasteiger partial charge is 0.330 e. The summed E-state index contributed by atoms with van der Waals surface area (Å²) in [5.74, 6) is -4.07. The zero-order valence-corrected chi connectivity index (χ0v) is 12.0. The van der Waals surface area contributed by atoms with Crippen LogP contribution in [0.25, 0.3) is 0 Å². The predicted molar refractivity (Wildman–Crippen MR) is 72.5 cm³/mol. The molecule has 0 bridgehead atoms. The Hall–Kier alpha value is -0.620. The third kappa shape index (κ3) is 9.31. The summed E-state index contributed by atoms with van der Waals surface area (Å²) in [6.45, 7) is 5.02. The van der Waals surface area contributed by atoms with Gasteiger partial charge in [0.05, 0.1) is 6.61 Å². The average molecular weight is 299 g/mol. The summed E-state index contributed by atoms with van der Waals surface area (Å²) >= 11 is 0. The van der Waals surface area contributed by atoms with Crippen molar-refractivity contribution in [1.82, 2.24) is 5.32 Å². The molecule has 0 radical (unpaired) electrons. The minimum atomic E-state index is -4.07. The number of nitrogens with one attached hydrogen (secondary N) is 1. The van der Waals surface area contributed by atoms with Crippen LogP contribution in [-0.4, -0.2) is 38.1 Å². The van der Waals surface area contributed by atoms with Crippen LogP contribution in [0.4, 0.5) is 17.6 Å². The Balaban J connectivity index is 3.87. The molecule has 0 aliphatic carbocycles. The summed E-state index contributed by atoms with van der Waals surface area (Å²) < 4.78 is 54.0. The molecule has 0 saturated heterocycles. The molecule has 0 aromatic heterocycles. The summed E-state index contributed by atoms with van der Waals surface area (Å²) in [4.78, 5) is 0. The molecule has 1 atom stereocenters. The van der Waals surface area contributed by atoms with E-state index in [1.807, 2.05) is 13.0 Å². The van der Waals surface area contributed by atoms with E-state index in [2.05, 4.69) is 11.9 Å². The van der Waals surface area contributed by atoms with Crippen LogP contribution in [0, 0.1) is 0 Å². The van der Waals surface area contributed by atoms with Crippen LogP contribution in [0.3, 0.4) is 0 Å². The maximum Gasteiger partial charge on any atom is 0.330 e. The van der Waals surface area contributed by atoms with E-state index in [4.69, 9.17) is 4.74 Å². The van der Waals surface area contributed by atoms with Gasteiger partial charge in [-0.2, -0.15) is 8.78 Å². The highest BCUT2D eigenvalue weighted by atomic mass is 19.3. The highest BCUT2D eigenvalue weighted by Gasteiger charge is 2.41. The van der Waals surface area contributed by atoms with Gasteiger partial charge in [0, 0.05) is 6.04 Å². The molecule has 0 aromatic carbocycles. The van der Waals surface area contributed by atoms with Crippen molar-refractivity contribution < 1.29 is 22.3 Å². The molecule has 0 spiro atoms. The molecule has 1 N–H and O–H groups in total. The van der Waals surface area contributed by atoms with E-state index in [0.29, 0.717) is 6.54 Å². The molecule has 120 valence electrons. The minimum absolute atomic E-state index is 0.0254. The highest BCUT2D eigenvalue weighted by molar-refractivity contribution is 4.71. The Morgan fingerprint density at radius 1 is 1.25 bits per heavy atom. The lowest BCUT2D eigenvalue weighted by atomic mass is 10.1. The van der Waals surface area contributed by atoms with Crippen LogP contribution in [-0.2, 0) is 4.74 Å². The Morgan fingerprint density at radius 3 is 2.50 bits per heavy atom. The number of rotatable bonds is 13. The first kappa shape index (κ1) is 19.4. The number of alkyl halides is 4. The third-order valence-electron chi connectivity index (χ3n) is 2.89. The second kappa shape index (κ2) is 11.1. The van der Waals surface area contributed by atoms with Crippen molar-refractivity contribution in [1.29, 1.82) is 0 Å². The van der Waals surface area contributed by atoms with Gasteiger partial charge in [0.25, 0.3) is 0 Å². The highest BCUT2D eigenvalue weighted by Crippen LogP contribution is 2.23. The van der Waals surface area contributed by atoms with Crippen molar-refractivity contribution in [3.05, 3.63) is 12.7 Å². The molecule has 2 nitrogen and oxygen atoms in total. The van der Waals surface area contributed by atoms with E-state index in [-0.39, 0.29) is 12.6 Å². The molecule has 0 aliphatic rings. The number of allylic oxidation sites excluding steroid dienone is 1. The van der Waals surface area contributed by atoms with Gasteiger partial charge in [0.2, 0.25) is 0 Å². The van der Waals surface area contributed by atoms with Gasteiger partial charge in [-0.1, -0.05) is 25.8 Å². The van der Waals surface area contributed by atoms with Crippen molar-refractivity contribution in [2.75, 3.05) is 19.8 Å². The summed E-state index contributed by atoms with van der Waals surface area (Å²) in [6.07, 6.45) is 2.94. The van der Waals surface area contributed by atoms with Gasteiger partial charge in [-0.15, -0.1) is 6.58 Å². The first-order chi connectivity index (χ1) is 9.44. The van der Waals surface area contributed by atoms with Crippen molar-refractivity contribution in [3.63, 3.8) is 0 Å². The fourth-order valence-corrected chi connectivity index (χ4v) is 1.79. The second-order valence-corrected chi connectivity index (χ2v) is 4.76. The maximum absolute atomic E-state index is 12.7. The summed E-state index contributed by atoms with van der Waals surface area (Å²) in [7, 11) is 0. The molecule has 1 unspecified atom stereocenters. The van der Waals surface area contributed by atoms with Gasteiger partial charge in [-0.25, -0.2) is 8.78 Å². The van der Waals surface area contributed by atoms with Crippen LogP contribution < -0.4 is 5.32 Å². The molecule has 0 aliphatic heterocycles. The van der Waals surface area contributed by atoms with Gasteiger partial charge >= 0.3 is 12.3 Å². The number of likely N-dealkylation sites (N-methyl/N-ethyl adjacent to an activating group) is 1.